The van der Waals surface area contributed by atoms with Crippen molar-refractivity contribution >= 4 is 17.6 Å². The van der Waals surface area contributed by atoms with Crippen LogP contribution >= 0.6 is 0 Å². The highest BCUT2D eigenvalue weighted by atomic mass is 16.3. The predicted molar refractivity (Wildman–Crippen MR) is 70.0 cm³/mol. The van der Waals surface area contributed by atoms with Crippen molar-refractivity contribution in [2.45, 2.75) is 32.3 Å². The minimum Gasteiger partial charge on any atom is -0.388 e. The molecule has 0 aliphatic rings. The second-order valence-corrected chi connectivity index (χ2v) is 4.03. The van der Waals surface area contributed by atoms with Gasteiger partial charge < -0.3 is 21.5 Å². The average Bonchev–Trinajstić information content (AvgIpc) is 2.35. The van der Waals surface area contributed by atoms with E-state index in [9.17, 15) is 5.11 Å². The van der Waals surface area contributed by atoms with Gasteiger partial charge in [-0.1, -0.05) is 13.8 Å². The zero-order valence-electron chi connectivity index (χ0n) is 10.6. The van der Waals surface area contributed by atoms with Crippen molar-refractivity contribution < 1.29 is 5.11 Å². The second-order valence-electron chi connectivity index (χ2n) is 4.03. The molecule has 6 heteroatoms. The van der Waals surface area contributed by atoms with Crippen LogP contribution in [0.5, 0.6) is 0 Å². The fraction of sp³-hybridized carbons (Fsp3) is 0.636. The third-order valence-corrected chi connectivity index (χ3v) is 2.91. The smallest absolute Gasteiger partial charge is 0.223 e. The number of nitrogens with zero attached hydrogens (tertiary/aromatic N) is 2. The normalized spacial score (nSPS) is 11.3. The first-order chi connectivity index (χ1) is 8.03. The largest absolute Gasteiger partial charge is 0.388 e. The number of hydrogen-bond acceptors (Lipinski definition) is 6. The Morgan fingerprint density at radius 2 is 1.88 bits per heavy atom. The van der Waals surface area contributed by atoms with E-state index in [0.717, 1.165) is 0 Å². The number of nitrogen functional groups attached to an aromatic ring is 1. The van der Waals surface area contributed by atoms with Crippen LogP contribution in [0.2, 0.25) is 0 Å². The Morgan fingerprint density at radius 1 is 1.29 bits per heavy atom. The predicted octanol–water partition coefficient (Wildman–Crippen LogP) is 1.06. The molecular formula is C11H21N5O. The summed E-state index contributed by atoms with van der Waals surface area (Å²) in [6.07, 6.45) is 1.38. The first-order valence-electron chi connectivity index (χ1n) is 5.81. The molecule has 1 rings (SSSR count). The molecular weight excluding hydrogens is 218 g/mol. The number of anilines is 3. The van der Waals surface area contributed by atoms with Crippen molar-refractivity contribution in [3.63, 3.8) is 0 Å². The van der Waals surface area contributed by atoms with Crippen molar-refractivity contribution in [1.29, 1.82) is 0 Å². The van der Waals surface area contributed by atoms with Gasteiger partial charge in [0.15, 0.2) is 0 Å². The summed E-state index contributed by atoms with van der Waals surface area (Å²) >= 11 is 0. The molecule has 0 radical (unpaired) electrons. The summed E-state index contributed by atoms with van der Waals surface area (Å²) in [7, 11) is 1.76. The lowest BCUT2D eigenvalue weighted by molar-refractivity contribution is 0.0456. The Labute approximate surface area is 102 Å². The van der Waals surface area contributed by atoms with Gasteiger partial charge in [-0.25, -0.2) is 0 Å². The van der Waals surface area contributed by atoms with Gasteiger partial charge in [0, 0.05) is 19.7 Å². The molecule has 0 spiro atoms. The number of aromatic nitrogens is 2. The maximum atomic E-state index is 10.1. The molecule has 0 bridgehead atoms. The molecule has 0 fully saturated rings. The van der Waals surface area contributed by atoms with Gasteiger partial charge >= 0.3 is 0 Å². The Bertz CT molecular complexity index is 365. The minimum atomic E-state index is -0.709. The Hall–Kier alpha value is -1.56. The molecule has 17 heavy (non-hydrogen) atoms. The second kappa shape index (κ2) is 5.67. The van der Waals surface area contributed by atoms with Crippen LogP contribution in [0.25, 0.3) is 0 Å². The van der Waals surface area contributed by atoms with Crippen LogP contribution in [-0.2, 0) is 0 Å². The molecule has 0 amide bonds. The first-order valence-corrected chi connectivity index (χ1v) is 5.81. The van der Waals surface area contributed by atoms with E-state index < -0.39 is 5.60 Å². The van der Waals surface area contributed by atoms with Crippen LogP contribution in [0.15, 0.2) is 6.07 Å². The zero-order valence-corrected chi connectivity index (χ0v) is 10.6. The maximum Gasteiger partial charge on any atom is 0.223 e. The number of nitrogens with one attached hydrogen (secondary N) is 2. The lowest BCUT2D eigenvalue weighted by atomic mass is 9.98. The van der Waals surface area contributed by atoms with Crippen molar-refractivity contribution in [1.82, 2.24) is 9.97 Å². The first kappa shape index (κ1) is 13.5. The molecule has 0 aliphatic carbocycles. The lowest BCUT2D eigenvalue weighted by Gasteiger charge is -2.25. The van der Waals surface area contributed by atoms with Crippen molar-refractivity contribution in [3.8, 4) is 0 Å². The van der Waals surface area contributed by atoms with E-state index in [1.54, 1.807) is 13.1 Å². The summed E-state index contributed by atoms with van der Waals surface area (Å²) in [5, 5.41) is 16.1. The zero-order chi connectivity index (χ0) is 12.9. The van der Waals surface area contributed by atoms with Crippen molar-refractivity contribution in [3.05, 3.63) is 6.07 Å². The molecule has 0 unspecified atom stereocenters. The molecule has 0 saturated carbocycles. The Kier molecular flexibility index (Phi) is 4.51. The Morgan fingerprint density at radius 3 is 2.41 bits per heavy atom. The fourth-order valence-electron chi connectivity index (χ4n) is 1.44. The van der Waals surface area contributed by atoms with Gasteiger partial charge in [-0.2, -0.15) is 9.97 Å². The summed E-state index contributed by atoms with van der Waals surface area (Å²) in [6.45, 7) is 4.36. The van der Waals surface area contributed by atoms with Gasteiger partial charge in [0.25, 0.3) is 0 Å². The van der Waals surface area contributed by atoms with Gasteiger partial charge in [-0.15, -0.1) is 0 Å². The SMILES string of the molecule is CCC(O)(CC)CNc1cc(NC)nc(N)n1. The van der Waals surface area contributed by atoms with Gasteiger partial charge in [0.05, 0.1) is 5.60 Å². The van der Waals surface area contributed by atoms with E-state index in [0.29, 0.717) is 31.0 Å². The third-order valence-electron chi connectivity index (χ3n) is 2.91. The molecule has 5 N–H and O–H groups in total. The maximum absolute atomic E-state index is 10.1. The van der Waals surface area contributed by atoms with Crippen LogP contribution in [0, 0.1) is 0 Å². The highest BCUT2D eigenvalue weighted by Crippen LogP contribution is 2.17. The highest BCUT2D eigenvalue weighted by molar-refractivity contribution is 5.50. The third kappa shape index (κ3) is 3.74. The number of nitrogens with two attached hydrogens (primary N) is 1. The van der Waals surface area contributed by atoms with Crippen LogP contribution < -0.4 is 16.4 Å². The molecule has 0 saturated heterocycles. The van der Waals surface area contributed by atoms with Crippen molar-refractivity contribution in [2.24, 2.45) is 0 Å². The van der Waals surface area contributed by atoms with Crippen LogP contribution in [0.4, 0.5) is 17.6 Å². The lowest BCUT2D eigenvalue weighted by Crippen LogP contribution is -2.35. The summed E-state index contributed by atoms with van der Waals surface area (Å²) in [5.41, 5.74) is 4.87. The molecule has 0 aromatic carbocycles. The van der Waals surface area contributed by atoms with E-state index in [1.165, 1.54) is 0 Å². The van der Waals surface area contributed by atoms with Gasteiger partial charge in [-0.05, 0) is 12.8 Å². The quantitative estimate of drug-likeness (QED) is 0.593. The van der Waals surface area contributed by atoms with Crippen LogP contribution in [-0.4, -0.2) is 34.3 Å². The van der Waals surface area contributed by atoms with Gasteiger partial charge in [0.2, 0.25) is 5.95 Å². The number of aliphatic hydroxyl groups is 1. The van der Waals surface area contributed by atoms with E-state index in [2.05, 4.69) is 20.6 Å². The monoisotopic (exact) mass is 239 g/mol. The molecule has 0 aliphatic heterocycles. The fourth-order valence-corrected chi connectivity index (χ4v) is 1.44. The summed E-state index contributed by atoms with van der Waals surface area (Å²) in [4.78, 5) is 8.05. The highest BCUT2D eigenvalue weighted by Gasteiger charge is 2.21. The molecule has 96 valence electrons. The minimum absolute atomic E-state index is 0.205. The summed E-state index contributed by atoms with van der Waals surface area (Å²) < 4.78 is 0. The summed E-state index contributed by atoms with van der Waals surface area (Å²) in [5.74, 6) is 1.47. The van der Waals surface area contributed by atoms with E-state index >= 15 is 0 Å². The van der Waals surface area contributed by atoms with E-state index in [4.69, 9.17) is 5.73 Å². The standard InChI is InChI=1S/C11H21N5O/c1-4-11(17,5-2)7-14-9-6-8(13-3)15-10(12)16-9/h6,17H,4-5,7H2,1-3H3,(H4,12,13,14,15,16). The molecule has 6 nitrogen and oxygen atoms in total. The van der Waals surface area contributed by atoms with Gasteiger partial charge in [-0.3, -0.25) is 0 Å². The molecule has 1 heterocycles. The molecule has 1 aromatic heterocycles. The number of hydrogen-bond donors (Lipinski definition) is 4. The van der Waals surface area contributed by atoms with Crippen LogP contribution in [0.1, 0.15) is 26.7 Å². The van der Waals surface area contributed by atoms with E-state index in [-0.39, 0.29) is 5.95 Å². The Balaban J connectivity index is 2.72. The van der Waals surface area contributed by atoms with Crippen LogP contribution in [0.3, 0.4) is 0 Å². The number of rotatable bonds is 6. The van der Waals surface area contributed by atoms with Gasteiger partial charge in [0.1, 0.15) is 11.6 Å². The topological polar surface area (TPSA) is 96.1 Å². The molecule has 0 atom stereocenters. The van der Waals surface area contributed by atoms with Crippen molar-refractivity contribution in [2.75, 3.05) is 30.0 Å². The van der Waals surface area contributed by atoms with E-state index in [1.807, 2.05) is 13.8 Å². The summed E-state index contributed by atoms with van der Waals surface area (Å²) in [6, 6.07) is 1.75. The molecule has 1 aromatic rings. The average molecular weight is 239 g/mol.